The molecule has 1 aliphatic heterocycles. The van der Waals surface area contributed by atoms with Gasteiger partial charge in [-0.3, -0.25) is 9.78 Å². The van der Waals surface area contributed by atoms with Crippen LogP contribution < -0.4 is 11.3 Å². The van der Waals surface area contributed by atoms with Gasteiger partial charge in [0.1, 0.15) is 12.2 Å². The number of fused-ring (bicyclic) bond motifs is 1. The predicted molar refractivity (Wildman–Crippen MR) is 135 cm³/mol. The molecule has 2 atom stereocenters. The minimum Gasteiger partial charge on any atom is -0.340 e. The summed E-state index contributed by atoms with van der Waals surface area (Å²) >= 11 is 6.12. The third kappa shape index (κ3) is 3.92. The second kappa shape index (κ2) is 9.02. The molecule has 0 aliphatic carbocycles. The van der Waals surface area contributed by atoms with E-state index in [1.165, 1.54) is 23.1 Å². The number of rotatable bonds is 5. The summed E-state index contributed by atoms with van der Waals surface area (Å²) in [5.74, 6) is 0.0469. The molecule has 0 saturated heterocycles. The maximum absolute atomic E-state index is 15.3. The summed E-state index contributed by atoms with van der Waals surface area (Å²) in [5, 5.41) is 11.1. The first kappa shape index (κ1) is 23.2. The molecule has 10 nitrogen and oxygen atoms in total. The van der Waals surface area contributed by atoms with Gasteiger partial charge in [0, 0.05) is 35.6 Å². The van der Waals surface area contributed by atoms with Crippen molar-refractivity contribution in [3.8, 4) is 28.1 Å². The highest BCUT2D eigenvalue weighted by molar-refractivity contribution is 6.31. The van der Waals surface area contributed by atoms with Gasteiger partial charge in [0.2, 0.25) is 0 Å². The quantitative estimate of drug-likeness (QED) is 0.363. The molecule has 37 heavy (non-hydrogen) atoms. The number of aromatic nitrogens is 8. The molecular formula is C25H21ClFN9O. The number of tetrazole rings is 1. The van der Waals surface area contributed by atoms with Crippen LogP contribution in [0.5, 0.6) is 0 Å². The number of benzene rings is 1. The molecule has 1 aliphatic rings. The lowest BCUT2D eigenvalue weighted by molar-refractivity contribution is 0.557. The lowest BCUT2D eigenvalue weighted by Gasteiger charge is -2.16. The molecule has 6 rings (SSSR count). The van der Waals surface area contributed by atoms with Crippen molar-refractivity contribution in [1.29, 1.82) is 0 Å². The highest BCUT2D eigenvalue weighted by atomic mass is 35.5. The second-order valence-corrected chi connectivity index (χ2v) is 9.37. The van der Waals surface area contributed by atoms with Gasteiger partial charge >= 0.3 is 0 Å². The van der Waals surface area contributed by atoms with Crippen LogP contribution in [0.2, 0.25) is 5.02 Å². The Morgan fingerprint density at radius 2 is 2.05 bits per heavy atom. The number of imidazole rings is 1. The molecule has 186 valence electrons. The fourth-order valence-electron chi connectivity index (χ4n) is 4.94. The van der Waals surface area contributed by atoms with E-state index in [4.69, 9.17) is 17.3 Å². The van der Waals surface area contributed by atoms with Crippen LogP contribution in [-0.4, -0.2) is 39.7 Å². The molecule has 5 aromatic rings. The Hall–Kier alpha value is -4.22. The fourth-order valence-corrected chi connectivity index (χ4v) is 5.10. The Kier molecular flexibility index (Phi) is 5.65. The van der Waals surface area contributed by atoms with Crippen molar-refractivity contribution in [3.05, 3.63) is 93.5 Å². The summed E-state index contributed by atoms with van der Waals surface area (Å²) in [6, 6.07) is 9.79. The second-order valence-electron chi connectivity index (χ2n) is 8.96. The standard InChI is InChI=1S/C25H21ClFN9O/c1-13-6-21(25-30-11-18(32-25)14-4-5-29-16(7-14)10-28)36-20(13)8-15(9-22(36)37)23-19(35-12-31-33-34-35)3-2-17(26)24(23)27/h2-5,7-9,11-13,21H,6,10,28H2,1H3,(H,30,32)/t13-,21-/m0/s1. The summed E-state index contributed by atoms with van der Waals surface area (Å²) in [4.78, 5) is 25.7. The van der Waals surface area contributed by atoms with Crippen molar-refractivity contribution < 1.29 is 4.39 Å². The van der Waals surface area contributed by atoms with E-state index in [0.29, 0.717) is 30.0 Å². The Morgan fingerprint density at radius 3 is 2.84 bits per heavy atom. The summed E-state index contributed by atoms with van der Waals surface area (Å²) in [5.41, 5.74) is 9.67. The molecule has 0 amide bonds. The van der Waals surface area contributed by atoms with Gasteiger partial charge in [-0.15, -0.1) is 5.10 Å². The van der Waals surface area contributed by atoms with Gasteiger partial charge < -0.3 is 15.3 Å². The third-order valence-corrected chi connectivity index (χ3v) is 6.99. The number of H-pyrrole nitrogens is 1. The van der Waals surface area contributed by atoms with E-state index in [9.17, 15) is 4.79 Å². The van der Waals surface area contributed by atoms with E-state index in [2.05, 4.69) is 30.5 Å². The van der Waals surface area contributed by atoms with Gasteiger partial charge in [-0.25, -0.2) is 9.37 Å². The zero-order chi connectivity index (χ0) is 25.7. The van der Waals surface area contributed by atoms with E-state index >= 15 is 4.39 Å². The Balaban J connectivity index is 1.43. The molecule has 0 spiro atoms. The summed E-state index contributed by atoms with van der Waals surface area (Å²) in [7, 11) is 0. The molecule has 0 bridgehead atoms. The van der Waals surface area contributed by atoms with Crippen molar-refractivity contribution in [2.45, 2.75) is 31.8 Å². The molecule has 0 unspecified atom stereocenters. The fraction of sp³-hybridized carbons (Fsp3) is 0.200. The van der Waals surface area contributed by atoms with E-state index < -0.39 is 5.82 Å². The van der Waals surface area contributed by atoms with Crippen LogP contribution >= 0.6 is 11.6 Å². The molecule has 0 saturated carbocycles. The number of nitrogens with one attached hydrogen (secondary N) is 1. The van der Waals surface area contributed by atoms with Crippen LogP contribution in [-0.2, 0) is 6.54 Å². The number of nitrogens with zero attached hydrogens (tertiary/aromatic N) is 7. The third-order valence-electron chi connectivity index (χ3n) is 6.70. The summed E-state index contributed by atoms with van der Waals surface area (Å²) < 4.78 is 18.4. The largest absolute Gasteiger partial charge is 0.340 e. The van der Waals surface area contributed by atoms with Crippen LogP contribution in [0.4, 0.5) is 4.39 Å². The molecule has 3 N–H and O–H groups in total. The van der Waals surface area contributed by atoms with Crippen LogP contribution in [0.3, 0.4) is 0 Å². The molecular weight excluding hydrogens is 497 g/mol. The molecule has 0 fully saturated rings. The number of nitrogens with two attached hydrogens (primary N) is 1. The van der Waals surface area contributed by atoms with Gasteiger partial charge in [-0.05, 0) is 58.7 Å². The number of aromatic amines is 1. The van der Waals surface area contributed by atoms with Crippen LogP contribution in [0.25, 0.3) is 28.1 Å². The van der Waals surface area contributed by atoms with Crippen molar-refractivity contribution in [2.75, 3.05) is 0 Å². The van der Waals surface area contributed by atoms with Gasteiger partial charge in [-0.1, -0.05) is 18.5 Å². The first-order valence-corrected chi connectivity index (χ1v) is 12.0. The topological polar surface area (TPSA) is 133 Å². The highest BCUT2D eigenvalue weighted by Crippen LogP contribution is 2.40. The van der Waals surface area contributed by atoms with E-state index in [1.54, 1.807) is 23.0 Å². The molecule has 4 aromatic heterocycles. The molecule has 12 heteroatoms. The number of hydrogen-bond acceptors (Lipinski definition) is 7. The molecule has 1 aromatic carbocycles. The maximum Gasteiger partial charge on any atom is 0.252 e. The van der Waals surface area contributed by atoms with Gasteiger partial charge in [0.15, 0.2) is 5.82 Å². The maximum atomic E-state index is 15.3. The van der Waals surface area contributed by atoms with Crippen molar-refractivity contribution in [3.63, 3.8) is 0 Å². The van der Waals surface area contributed by atoms with Crippen LogP contribution in [0.1, 0.15) is 42.5 Å². The van der Waals surface area contributed by atoms with Crippen LogP contribution in [0, 0.1) is 5.82 Å². The smallest absolute Gasteiger partial charge is 0.252 e. The minimum atomic E-state index is -0.647. The zero-order valence-corrected chi connectivity index (χ0v) is 20.4. The molecule has 0 radical (unpaired) electrons. The Morgan fingerprint density at radius 1 is 1.19 bits per heavy atom. The van der Waals surface area contributed by atoms with Crippen molar-refractivity contribution in [1.82, 2.24) is 39.7 Å². The average Bonchev–Trinajstić information content (AvgIpc) is 3.66. The molecule has 5 heterocycles. The monoisotopic (exact) mass is 517 g/mol. The van der Waals surface area contributed by atoms with Gasteiger partial charge in [-0.2, -0.15) is 4.68 Å². The van der Waals surface area contributed by atoms with Crippen molar-refractivity contribution >= 4 is 11.6 Å². The first-order chi connectivity index (χ1) is 17.9. The SMILES string of the molecule is C[C@H]1C[C@@H](c2ncc(-c3ccnc(CN)c3)[nH]2)n2c1cc(-c1c(-n3cnnn3)ccc(Cl)c1F)cc2=O. The lowest BCUT2D eigenvalue weighted by atomic mass is 9.99. The van der Waals surface area contributed by atoms with E-state index in [1.807, 2.05) is 25.1 Å². The highest BCUT2D eigenvalue weighted by Gasteiger charge is 2.33. The van der Waals surface area contributed by atoms with E-state index in [0.717, 1.165) is 22.6 Å². The zero-order valence-electron chi connectivity index (χ0n) is 19.6. The van der Waals surface area contributed by atoms with Crippen LogP contribution in [0.15, 0.2) is 59.9 Å². The van der Waals surface area contributed by atoms with Gasteiger partial charge in [0.25, 0.3) is 5.56 Å². The normalized spacial score (nSPS) is 16.8. The number of hydrogen-bond donors (Lipinski definition) is 2. The first-order valence-electron chi connectivity index (χ1n) is 11.6. The summed E-state index contributed by atoms with van der Waals surface area (Å²) in [6.07, 6.45) is 5.47. The Bertz CT molecular complexity index is 1680. The van der Waals surface area contributed by atoms with Gasteiger partial charge in [0.05, 0.1) is 34.3 Å². The number of halogens is 2. The van der Waals surface area contributed by atoms with E-state index in [-0.39, 0.29) is 28.1 Å². The minimum absolute atomic E-state index is 0.0229. The Labute approximate surface area is 215 Å². The summed E-state index contributed by atoms with van der Waals surface area (Å²) in [6.45, 7) is 2.37. The average molecular weight is 518 g/mol. The lowest BCUT2D eigenvalue weighted by Crippen LogP contribution is -2.24. The number of pyridine rings is 2. The predicted octanol–water partition coefficient (Wildman–Crippen LogP) is 3.62. The van der Waals surface area contributed by atoms with Crippen molar-refractivity contribution in [2.24, 2.45) is 5.73 Å².